The van der Waals surface area contributed by atoms with Gasteiger partial charge in [-0.25, -0.2) is 4.79 Å². The highest BCUT2D eigenvalue weighted by Crippen LogP contribution is 2.22. The molecule has 8 heteroatoms. The summed E-state index contributed by atoms with van der Waals surface area (Å²) in [4.78, 5) is 10.3. The van der Waals surface area contributed by atoms with E-state index in [-0.39, 0.29) is 12.4 Å². The van der Waals surface area contributed by atoms with Crippen LogP contribution in [0, 0.1) is 0 Å². The molecule has 0 radical (unpaired) electrons. The van der Waals surface area contributed by atoms with E-state index < -0.39 is 12.5 Å². The van der Waals surface area contributed by atoms with Crippen molar-refractivity contribution in [2.75, 3.05) is 13.2 Å². The Bertz CT molecular complexity index is 407. The molecule has 0 unspecified atom stereocenters. The SMILES string of the molecule is NC(=O)OCCNCc1ccc(OC(F)(F)F)cc1. The van der Waals surface area contributed by atoms with Gasteiger partial charge in [-0.2, -0.15) is 0 Å². The first-order chi connectivity index (χ1) is 8.87. The molecular formula is C11H13F3N2O3. The average Bonchev–Trinajstić information content (AvgIpc) is 2.28. The summed E-state index contributed by atoms with van der Waals surface area (Å²) < 4.78 is 43.9. The number of alkyl halides is 3. The molecule has 1 aromatic carbocycles. The number of nitrogens with one attached hydrogen (secondary N) is 1. The van der Waals surface area contributed by atoms with Gasteiger partial charge in [-0.3, -0.25) is 0 Å². The number of ether oxygens (including phenoxy) is 2. The van der Waals surface area contributed by atoms with Crippen molar-refractivity contribution in [3.63, 3.8) is 0 Å². The van der Waals surface area contributed by atoms with Gasteiger partial charge < -0.3 is 20.5 Å². The second-order valence-electron chi connectivity index (χ2n) is 3.54. The van der Waals surface area contributed by atoms with Gasteiger partial charge in [0, 0.05) is 13.1 Å². The molecule has 0 saturated carbocycles. The second-order valence-corrected chi connectivity index (χ2v) is 3.54. The molecule has 1 aromatic rings. The predicted octanol–water partition coefficient (Wildman–Crippen LogP) is 1.77. The number of carbonyl (C=O) groups excluding carboxylic acids is 1. The normalized spacial score (nSPS) is 11.1. The Hall–Kier alpha value is -1.96. The van der Waals surface area contributed by atoms with E-state index in [1.165, 1.54) is 24.3 Å². The summed E-state index contributed by atoms with van der Waals surface area (Å²) in [5, 5.41) is 2.93. The third-order valence-electron chi connectivity index (χ3n) is 2.01. The predicted molar refractivity (Wildman–Crippen MR) is 60.4 cm³/mol. The topological polar surface area (TPSA) is 73.6 Å². The van der Waals surface area contributed by atoms with Gasteiger partial charge in [0.25, 0.3) is 0 Å². The molecule has 1 amide bonds. The maximum Gasteiger partial charge on any atom is 0.573 e. The van der Waals surface area contributed by atoms with Crippen molar-refractivity contribution in [2.24, 2.45) is 5.73 Å². The van der Waals surface area contributed by atoms with Crippen molar-refractivity contribution in [1.82, 2.24) is 5.32 Å². The van der Waals surface area contributed by atoms with E-state index in [1.54, 1.807) is 0 Å². The molecule has 0 aliphatic rings. The van der Waals surface area contributed by atoms with Crippen LogP contribution >= 0.6 is 0 Å². The summed E-state index contributed by atoms with van der Waals surface area (Å²) in [5.41, 5.74) is 5.53. The number of hydrogen-bond acceptors (Lipinski definition) is 4. The maximum absolute atomic E-state index is 11.9. The van der Waals surface area contributed by atoms with Gasteiger partial charge >= 0.3 is 12.5 Å². The van der Waals surface area contributed by atoms with Crippen LogP contribution in [0.4, 0.5) is 18.0 Å². The van der Waals surface area contributed by atoms with E-state index in [9.17, 15) is 18.0 Å². The van der Waals surface area contributed by atoms with Crippen molar-refractivity contribution >= 4 is 6.09 Å². The van der Waals surface area contributed by atoms with Crippen LogP contribution in [-0.2, 0) is 11.3 Å². The van der Waals surface area contributed by atoms with Gasteiger partial charge in [0.15, 0.2) is 0 Å². The Labute approximate surface area is 107 Å². The van der Waals surface area contributed by atoms with Crippen LogP contribution in [0.1, 0.15) is 5.56 Å². The summed E-state index contributed by atoms with van der Waals surface area (Å²) in [6.07, 6.45) is -5.54. The quantitative estimate of drug-likeness (QED) is 0.778. The van der Waals surface area contributed by atoms with Gasteiger partial charge in [-0.15, -0.1) is 13.2 Å². The molecule has 0 spiro atoms. The Morgan fingerprint density at radius 2 is 1.89 bits per heavy atom. The van der Waals surface area contributed by atoms with Crippen LogP contribution in [0.3, 0.4) is 0 Å². The Kier molecular flexibility index (Phi) is 5.43. The molecule has 0 heterocycles. The van der Waals surface area contributed by atoms with Gasteiger partial charge in [0.2, 0.25) is 0 Å². The Morgan fingerprint density at radius 1 is 1.26 bits per heavy atom. The van der Waals surface area contributed by atoms with Crippen molar-refractivity contribution in [2.45, 2.75) is 12.9 Å². The fraction of sp³-hybridized carbons (Fsp3) is 0.364. The molecule has 106 valence electrons. The molecule has 0 fully saturated rings. The highest BCUT2D eigenvalue weighted by atomic mass is 19.4. The van der Waals surface area contributed by atoms with Crippen LogP contribution in [0.25, 0.3) is 0 Å². The van der Waals surface area contributed by atoms with E-state index >= 15 is 0 Å². The lowest BCUT2D eigenvalue weighted by atomic mass is 10.2. The van der Waals surface area contributed by atoms with E-state index in [1.807, 2.05) is 0 Å². The fourth-order valence-electron chi connectivity index (χ4n) is 1.27. The number of hydrogen-bond donors (Lipinski definition) is 2. The Balaban J connectivity index is 2.30. The van der Waals surface area contributed by atoms with E-state index in [0.717, 1.165) is 5.56 Å². The largest absolute Gasteiger partial charge is 0.573 e. The van der Waals surface area contributed by atoms with Crippen molar-refractivity contribution in [1.29, 1.82) is 0 Å². The molecular weight excluding hydrogens is 265 g/mol. The highest BCUT2D eigenvalue weighted by molar-refractivity contribution is 5.64. The number of nitrogens with two attached hydrogens (primary N) is 1. The number of carbonyl (C=O) groups is 1. The summed E-state index contributed by atoms with van der Waals surface area (Å²) in [7, 11) is 0. The van der Waals surface area contributed by atoms with Crippen LogP contribution in [0.5, 0.6) is 5.75 Å². The van der Waals surface area contributed by atoms with Gasteiger partial charge in [0.1, 0.15) is 12.4 Å². The van der Waals surface area contributed by atoms with Gasteiger partial charge in [0.05, 0.1) is 0 Å². The molecule has 0 aliphatic heterocycles. The molecule has 1 rings (SSSR count). The van der Waals surface area contributed by atoms with Crippen LogP contribution in [-0.4, -0.2) is 25.6 Å². The molecule has 0 aliphatic carbocycles. The van der Waals surface area contributed by atoms with E-state index in [4.69, 9.17) is 5.73 Å². The number of benzene rings is 1. The standard InChI is InChI=1S/C11H13F3N2O3/c12-11(13,14)19-9-3-1-8(2-4-9)7-16-5-6-18-10(15)17/h1-4,16H,5-7H2,(H2,15,17). The zero-order valence-corrected chi connectivity index (χ0v) is 9.87. The summed E-state index contributed by atoms with van der Waals surface area (Å²) in [6.45, 7) is 0.947. The molecule has 19 heavy (non-hydrogen) atoms. The van der Waals surface area contributed by atoms with E-state index in [0.29, 0.717) is 13.1 Å². The van der Waals surface area contributed by atoms with Crippen LogP contribution in [0.15, 0.2) is 24.3 Å². The smallest absolute Gasteiger partial charge is 0.448 e. The number of amides is 1. The Morgan fingerprint density at radius 3 is 2.42 bits per heavy atom. The van der Waals surface area contributed by atoms with Gasteiger partial charge in [-0.05, 0) is 17.7 Å². The first-order valence-electron chi connectivity index (χ1n) is 5.34. The summed E-state index contributed by atoms with van der Waals surface area (Å²) in [6, 6.07) is 5.46. The van der Waals surface area contributed by atoms with Crippen molar-refractivity contribution in [3.05, 3.63) is 29.8 Å². The first kappa shape index (κ1) is 15.1. The lowest BCUT2D eigenvalue weighted by molar-refractivity contribution is -0.274. The number of halogens is 3. The monoisotopic (exact) mass is 278 g/mol. The zero-order valence-electron chi connectivity index (χ0n) is 9.87. The fourth-order valence-corrected chi connectivity index (χ4v) is 1.27. The number of rotatable bonds is 6. The van der Waals surface area contributed by atoms with E-state index in [2.05, 4.69) is 14.8 Å². The minimum Gasteiger partial charge on any atom is -0.448 e. The maximum atomic E-state index is 11.9. The molecule has 0 saturated heterocycles. The molecule has 3 N–H and O–H groups in total. The highest BCUT2D eigenvalue weighted by Gasteiger charge is 2.30. The third-order valence-corrected chi connectivity index (χ3v) is 2.01. The minimum atomic E-state index is -4.69. The van der Waals surface area contributed by atoms with Gasteiger partial charge in [-0.1, -0.05) is 12.1 Å². The molecule has 0 aromatic heterocycles. The average molecular weight is 278 g/mol. The van der Waals surface area contributed by atoms with Crippen LogP contribution in [0.2, 0.25) is 0 Å². The van der Waals surface area contributed by atoms with Crippen molar-refractivity contribution in [3.8, 4) is 5.75 Å². The molecule has 5 nitrogen and oxygen atoms in total. The third kappa shape index (κ3) is 7.14. The molecule has 0 atom stereocenters. The first-order valence-corrected chi connectivity index (χ1v) is 5.34. The van der Waals surface area contributed by atoms with Crippen LogP contribution < -0.4 is 15.8 Å². The summed E-state index contributed by atoms with van der Waals surface area (Å²) >= 11 is 0. The zero-order chi connectivity index (χ0) is 14.3. The number of primary amides is 1. The lowest BCUT2D eigenvalue weighted by Crippen LogP contribution is -2.23. The van der Waals surface area contributed by atoms with Crippen molar-refractivity contribution < 1.29 is 27.4 Å². The lowest BCUT2D eigenvalue weighted by Gasteiger charge is -2.09. The summed E-state index contributed by atoms with van der Waals surface area (Å²) in [5.74, 6) is -0.270. The minimum absolute atomic E-state index is 0.130. The second kappa shape index (κ2) is 6.83. The molecule has 0 bridgehead atoms.